The standard InChI is InChI=1S/C11H13BrO3.C11H13NO5.C11H15NO3.C10H13BrO2.C8H7NO5/c1-3-6-15-10-7-8(11(13)14-2)4-5-9(10)12;1-3-6-17-10-7-8(11(13)16-2)4-5-9(10)12(14)15;1-3-6-15-10-7-8(11(13)14-2)4-5-9(10)12;1-2-5-13-10-6-8(7-12)3-4-9(10)11;1-14-8(11)5-2-3-6(9(12)13)7(10)4-5/h4-5,7H,3,6H2,1-2H3;4-5,7H,3,6H2,1-2H3;4-5,7H,3,6,12H2,1-2H3;3-4,6,12H,2,5,7H2,1H3;2-4,10H,1H3. The molecule has 0 saturated carbocycles. The van der Waals surface area contributed by atoms with Gasteiger partial charge < -0.3 is 53.8 Å². The van der Waals surface area contributed by atoms with Crippen molar-refractivity contribution in [2.45, 2.75) is 60.0 Å². The number of phenols is 1. The fourth-order valence-electron chi connectivity index (χ4n) is 5.32. The molecule has 5 rings (SSSR count). The Kier molecular flexibility index (Phi) is 31.0. The topological polar surface area (TPSA) is 295 Å². The summed E-state index contributed by atoms with van der Waals surface area (Å²) in [4.78, 5) is 64.5. The maximum Gasteiger partial charge on any atom is 0.337 e. The summed E-state index contributed by atoms with van der Waals surface area (Å²) in [6.07, 6.45) is 3.52. The highest BCUT2D eigenvalue weighted by molar-refractivity contribution is 9.11. The number of esters is 4. The molecule has 0 bridgehead atoms. The van der Waals surface area contributed by atoms with Gasteiger partial charge in [0.25, 0.3) is 0 Å². The van der Waals surface area contributed by atoms with E-state index in [4.69, 9.17) is 34.9 Å². The monoisotopic (exact) mass is 1160 g/mol. The molecule has 4 N–H and O–H groups in total. The van der Waals surface area contributed by atoms with Crippen LogP contribution < -0.4 is 24.7 Å². The number of anilines is 1. The van der Waals surface area contributed by atoms with Crippen molar-refractivity contribution in [3.63, 3.8) is 0 Å². The number of methoxy groups -OCH3 is 4. The molecule has 21 nitrogen and oxygen atoms in total. The van der Waals surface area contributed by atoms with Crippen LogP contribution in [0.4, 0.5) is 17.1 Å². The third-order valence-electron chi connectivity index (χ3n) is 8.98. The number of nitrogen functional groups attached to an aromatic ring is 1. The molecule has 0 unspecified atom stereocenters. The summed E-state index contributed by atoms with van der Waals surface area (Å²) < 4.78 is 41.5. The highest BCUT2D eigenvalue weighted by Crippen LogP contribution is 2.30. The Labute approximate surface area is 445 Å². The zero-order valence-corrected chi connectivity index (χ0v) is 45.4. The molecule has 0 amide bonds. The van der Waals surface area contributed by atoms with E-state index >= 15 is 0 Å². The fourth-order valence-corrected chi connectivity index (χ4v) is 6.04. The highest BCUT2D eigenvalue weighted by atomic mass is 79.9. The molecule has 0 heterocycles. The van der Waals surface area contributed by atoms with Crippen molar-refractivity contribution in [3.05, 3.63) is 148 Å². The lowest BCUT2D eigenvalue weighted by Gasteiger charge is -2.08. The number of nitro benzene ring substituents is 2. The van der Waals surface area contributed by atoms with E-state index in [0.717, 1.165) is 58.1 Å². The van der Waals surface area contributed by atoms with Gasteiger partial charge in [-0.25, -0.2) is 19.2 Å². The van der Waals surface area contributed by atoms with Gasteiger partial charge in [0.15, 0.2) is 11.5 Å². The minimum Gasteiger partial charge on any atom is -0.502 e. The number of hydrogen-bond acceptors (Lipinski definition) is 19. The Bertz CT molecular complexity index is 2540. The number of nitrogens with two attached hydrogens (primary N) is 1. The SMILES string of the molecule is CCCOc1cc(C(=O)OC)ccc1Br.CCCOc1cc(C(=O)OC)ccc1N.CCCOc1cc(C(=O)OC)ccc1[N+](=O)[O-].CCCOc1cc(CO)ccc1Br.COC(=O)c1ccc([N+](=O)[O-])c(O)c1. The molecule has 0 aliphatic carbocycles. The van der Waals surface area contributed by atoms with Gasteiger partial charge in [-0.3, -0.25) is 20.2 Å². The van der Waals surface area contributed by atoms with Crippen molar-refractivity contribution < 1.29 is 77.1 Å². The quantitative estimate of drug-likeness (QED) is 0.0227. The van der Waals surface area contributed by atoms with Crippen LogP contribution in [0, 0.1) is 20.2 Å². The van der Waals surface area contributed by atoms with E-state index in [9.17, 15) is 39.4 Å². The number of aliphatic hydroxyl groups is 1. The van der Waals surface area contributed by atoms with Gasteiger partial charge in [-0.15, -0.1) is 0 Å². The summed E-state index contributed by atoms with van der Waals surface area (Å²) in [5.74, 6) is -0.442. The molecule has 0 atom stereocenters. The maximum atomic E-state index is 11.3. The van der Waals surface area contributed by atoms with Crippen LogP contribution in [-0.2, 0) is 25.6 Å². The van der Waals surface area contributed by atoms with E-state index in [-0.39, 0.29) is 35.1 Å². The van der Waals surface area contributed by atoms with Gasteiger partial charge >= 0.3 is 35.3 Å². The molecular weight excluding hydrogens is 1100 g/mol. The van der Waals surface area contributed by atoms with Crippen molar-refractivity contribution in [1.29, 1.82) is 0 Å². The number of nitro groups is 2. The van der Waals surface area contributed by atoms with Crippen molar-refractivity contribution in [2.24, 2.45) is 0 Å². The predicted molar refractivity (Wildman–Crippen MR) is 281 cm³/mol. The lowest BCUT2D eigenvalue weighted by atomic mass is 10.2. The second kappa shape index (κ2) is 35.6. The van der Waals surface area contributed by atoms with Crippen LogP contribution in [-0.4, -0.2) is 98.8 Å². The molecule has 74 heavy (non-hydrogen) atoms. The average Bonchev–Trinajstić information content (AvgIpc) is 3.41. The van der Waals surface area contributed by atoms with E-state index in [0.29, 0.717) is 54.7 Å². The smallest absolute Gasteiger partial charge is 0.337 e. The molecule has 0 fully saturated rings. The first-order valence-electron chi connectivity index (χ1n) is 22.5. The lowest BCUT2D eigenvalue weighted by Crippen LogP contribution is -2.04. The zero-order chi connectivity index (χ0) is 55.8. The van der Waals surface area contributed by atoms with Crippen LogP contribution in [0.5, 0.6) is 28.7 Å². The van der Waals surface area contributed by atoms with Gasteiger partial charge in [0.1, 0.15) is 17.2 Å². The van der Waals surface area contributed by atoms with Crippen molar-refractivity contribution in [3.8, 4) is 28.7 Å². The minimum absolute atomic E-state index is 0.0514. The van der Waals surface area contributed by atoms with Gasteiger partial charge in [-0.05, 0) is 124 Å². The van der Waals surface area contributed by atoms with E-state index in [2.05, 4.69) is 57.7 Å². The van der Waals surface area contributed by atoms with Crippen LogP contribution in [0.1, 0.15) is 100 Å². The van der Waals surface area contributed by atoms with Crippen molar-refractivity contribution >= 4 is 72.8 Å². The molecule has 0 aromatic heterocycles. The van der Waals surface area contributed by atoms with E-state index in [1.165, 1.54) is 52.7 Å². The van der Waals surface area contributed by atoms with Crippen LogP contribution in [0.3, 0.4) is 0 Å². The number of phenolic OH excluding ortho intramolecular Hbond substituents is 1. The number of rotatable bonds is 19. The molecular formula is C51H61Br2N3O18. The second-order valence-electron chi connectivity index (χ2n) is 14.6. The number of benzene rings is 5. The fraction of sp³-hybridized carbons (Fsp3) is 0.333. The first kappa shape index (κ1) is 64.5. The zero-order valence-electron chi connectivity index (χ0n) is 42.2. The van der Waals surface area contributed by atoms with Crippen LogP contribution in [0.2, 0.25) is 0 Å². The molecule has 0 saturated heterocycles. The van der Waals surface area contributed by atoms with E-state index in [1.54, 1.807) is 36.4 Å². The largest absolute Gasteiger partial charge is 0.502 e. The van der Waals surface area contributed by atoms with Gasteiger partial charge in [0, 0.05) is 24.3 Å². The van der Waals surface area contributed by atoms with Crippen molar-refractivity contribution in [2.75, 3.05) is 60.6 Å². The Morgan fingerprint density at radius 2 is 0.838 bits per heavy atom. The summed E-state index contributed by atoms with van der Waals surface area (Å²) >= 11 is 6.74. The third kappa shape index (κ3) is 22.5. The molecule has 0 radical (unpaired) electrons. The summed E-state index contributed by atoms with van der Waals surface area (Å²) in [5.41, 5.74) is 7.71. The Morgan fingerprint density at radius 3 is 1.24 bits per heavy atom. The number of aliphatic hydroxyl groups excluding tert-OH is 1. The van der Waals surface area contributed by atoms with Crippen LogP contribution >= 0.6 is 31.9 Å². The van der Waals surface area contributed by atoms with Crippen LogP contribution in [0.25, 0.3) is 0 Å². The van der Waals surface area contributed by atoms with Gasteiger partial charge in [0.2, 0.25) is 0 Å². The Balaban J connectivity index is 0.000000464. The number of halogens is 2. The van der Waals surface area contributed by atoms with E-state index < -0.39 is 39.2 Å². The van der Waals surface area contributed by atoms with Gasteiger partial charge in [-0.2, -0.15) is 0 Å². The van der Waals surface area contributed by atoms with Crippen molar-refractivity contribution in [1.82, 2.24) is 0 Å². The minimum atomic E-state index is -0.740. The summed E-state index contributed by atoms with van der Waals surface area (Å²) in [5, 5.41) is 39.1. The average molecular weight is 1160 g/mol. The van der Waals surface area contributed by atoms with Gasteiger partial charge in [-0.1, -0.05) is 33.8 Å². The number of carbonyl (C=O) groups is 4. The number of ether oxygens (including phenoxy) is 8. The lowest BCUT2D eigenvalue weighted by molar-refractivity contribution is -0.386. The number of carbonyl (C=O) groups excluding carboxylic acids is 4. The number of nitrogens with zero attached hydrogens (tertiary/aromatic N) is 2. The highest BCUT2D eigenvalue weighted by Gasteiger charge is 2.19. The number of hydrogen-bond donors (Lipinski definition) is 3. The molecule has 5 aromatic carbocycles. The predicted octanol–water partition coefficient (Wildman–Crippen LogP) is 10.9. The Morgan fingerprint density at radius 1 is 0.500 bits per heavy atom. The molecule has 23 heteroatoms. The first-order chi connectivity index (χ1) is 35.3. The normalized spacial score (nSPS) is 9.77. The second-order valence-corrected chi connectivity index (χ2v) is 16.3. The summed E-state index contributed by atoms with van der Waals surface area (Å²) in [6, 6.07) is 22.7. The first-order valence-corrected chi connectivity index (χ1v) is 24.1. The molecule has 0 aliphatic heterocycles. The summed E-state index contributed by atoms with van der Waals surface area (Å²) in [6.45, 7) is 10.3. The Hall–Kier alpha value is -7.50. The molecule has 0 aliphatic rings. The maximum absolute atomic E-state index is 11.3. The van der Waals surface area contributed by atoms with Crippen LogP contribution in [0.15, 0.2) is 99.9 Å². The molecule has 402 valence electrons. The molecule has 0 spiro atoms. The van der Waals surface area contributed by atoms with Gasteiger partial charge in [0.05, 0.1) is 108 Å². The third-order valence-corrected chi connectivity index (χ3v) is 10.3. The summed E-state index contributed by atoms with van der Waals surface area (Å²) in [7, 11) is 5.12. The molecule has 5 aromatic rings. The number of aromatic hydroxyl groups is 1. The van der Waals surface area contributed by atoms with E-state index in [1.807, 2.05) is 39.0 Å².